The number of carbonyl (C=O) groups excluding carboxylic acids is 3. The predicted octanol–water partition coefficient (Wildman–Crippen LogP) is 1.96. The zero-order valence-electron chi connectivity index (χ0n) is 18.7. The molecule has 2 unspecified atom stereocenters. The summed E-state index contributed by atoms with van der Waals surface area (Å²) in [5.74, 6) is -2.36. The van der Waals surface area contributed by atoms with Gasteiger partial charge in [0.25, 0.3) is 0 Å². The van der Waals surface area contributed by atoms with E-state index in [1.165, 1.54) is 0 Å². The molecule has 0 aliphatic carbocycles. The average molecular weight is 423 g/mol. The van der Waals surface area contributed by atoms with Crippen molar-refractivity contribution in [3.8, 4) is 0 Å². The quantitative estimate of drug-likeness (QED) is 0.578. The summed E-state index contributed by atoms with van der Waals surface area (Å²) in [6.07, 6.45) is 1.33. The molecule has 2 bridgehead atoms. The van der Waals surface area contributed by atoms with E-state index >= 15 is 0 Å². The Balaban J connectivity index is 1.93. The van der Waals surface area contributed by atoms with Gasteiger partial charge in [0.05, 0.1) is 23.0 Å². The maximum Gasteiger partial charge on any atom is 0.326 e. The summed E-state index contributed by atoms with van der Waals surface area (Å²) in [6.45, 7) is 11.1. The van der Waals surface area contributed by atoms with E-state index in [0.717, 1.165) is 17.7 Å². The molecule has 0 aromatic rings. The van der Waals surface area contributed by atoms with Gasteiger partial charge in [0.1, 0.15) is 12.1 Å². The van der Waals surface area contributed by atoms with Crippen molar-refractivity contribution in [1.82, 2.24) is 10.2 Å². The molecule has 8 heteroatoms. The molecule has 3 fully saturated rings. The van der Waals surface area contributed by atoms with Crippen LogP contribution in [0.25, 0.3) is 0 Å². The molecule has 0 aromatic heterocycles. The fourth-order valence-electron chi connectivity index (χ4n) is 5.49. The maximum atomic E-state index is 13.6. The highest BCUT2D eigenvalue weighted by Crippen LogP contribution is 2.64. The molecule has 0 radical (unpaired) electrons. The van der Waals surface area contributed by atoms with Crippen LogP contribution in [0.2, 0.25) is 0 Å². The standard InChI is InChI=1S/C22H34N2O6/c1-11(2)9-13(18(26)27)23-17(25)14(10-12(3)4)24-19(28)21(5)15-7-8-16(30-15)22(21,6)20(24)29/h11-16H,7-10H2,1-6H3,(H,23,25)(H,26,27)/t13?,14?,15-,16+,21+,22-. The van der Waals surface area contributed by atoms with Crippen LogP contribution >= 0.6 is 0 Å². The lowest BCUT2D eigenvalue weighted by Gasteiger charge is -2.36. The first-order chi connectivity index (χ1) is 13.9. The Morgan fingerprint density at radius 1 is 1.03 bits per heavy atom. The van der Waals surface area contributed by atoms with Gasteiger partial charge in [-0.1, -0.05) is 27.7 Å². The average Bonchev–Trinajstić information content (AvgIpc) is 3.25. The first-order valence-corrected chi connectivity index (χ1v) is 10.9. The fourth-order valence-corrected chi connectivity index (χ4v) is 5.49. The maximum absolute atomic E-state index is 13.6. The molecule has 0 aromatic carbocycles. The topological polar surface area (TPSA) is 113 Å². The number of carboxylic acid groups (broad SMARTS) is 1. The van der Waals surface area contributed by atoms with Crippen molar-refractivity contribution >= 4 is 23.7 Å². The van der Waals surface area contributed by atoms with Gasteiger partial charge in [-0.2, -0.15) is 0 Å². The van der Waals surface area contributed by atoms with Crippen LogP contribution in [0, 0.1) is 22.7 Å². The molecule has 3 rings (SSSR count). The van der Waals surface area contributed by atoms with Gasteiger partial charge in [-0.3, -0.25) is 19.3 Å². The van der Waals surface area contributed by atoms with Gasteiger partial charge in [-0.15, -0.1) is 0 Å². The largest absolute Gasteiger partial charge is 0.480 e. The van der Waals surface area contributed by atoms with E-state index in [1.807, 2.05) is 27.7 Å². The van der Waals surface area contributed by atoms with Crippen LogP contribution in [0.1, 0.15) is 67.2 Å². The zero-order chi connectivity index (χ0) is 22.6. The minimum Gasteiger partial charge on any atom is -0.480 e. The van der Waals surface area contributed by atoms with Gasteiger partial charge >= 0.3 is 5.97 Å². The molecule has 3 aliphatic rings. The van der Waals surface area contributed by atoms with Gasteiger partial charge in [0.15, 0.2) is 0 Å². The van der Waals surface area contributed by atoms with Crippen molar-refractivity contribution in [2.45, 2.75) is 91.5 Å². The number of rotatable bonds is 8. The lowest BCUT2D eigenvalue weighted by molar-refractivity contribution is -0.153. The molecular formula is C22H34N2O6. The molecular weight excluding hydrogens is 388 g/mol. The molecule has 0 saturated carbocycles. The number of aliphatic carboxylic acids is 1. The summed E-state index contributed by atoms with van der Waals surface area (Å²) in [5.41, 5.74) is -1.99. The molecule has 3 amide bonds. The zero-order valence-corrected chi connectivity index (χ0v) is 18.7. The van der Waals surface area contributed by atoms with Crippen molar-refractivity contribution < 1.29 is 29.0 Å². The van der Waals surface area contributed by atoms with Gasteiger partial charge in [-0.05, 0) is 51.4 Å². The van der Waals surface area contributed by atoms with Crippen LogP contribution in [0.15, 0.2) is 0 Å². The molecule has 0 spiro atoms. The number of nitrogens with one attached hydrogen (secondary N) is 1. The van der Waals surface area contributed by atoms with Gasteiger partial charge in [-0.25, -0.2) is 4.79 Å². The van der Waals surface area contributed by atoms with Crippen molar-refractivity contribution in [2.24, 2.45) is 22.7 Å². The highest BCUT2D eigenvalue weighted by Gasteiger charge is 2.77. The van der Waals surface area contributed by atoms with Crippen LogP contribution in [-0.4, -0.2) is 58.0 Å². The predicted molar refractivity (Wildman–Crippen MR) is 108 cm³/mol. The van der Waals surface area contributed by atoms with Gasteiger partial charge < -0.3 is 15.2 Å². The van der Waals surface area contributed by atoms with Crippen LogP contribution in [0.5, 0.6) is 0 Å². The number of likely N-dealkylation sites (tertiary alicyclic amines) is 1. The van der Waals surface area contributed by atoms with E-state index in [4.69, 9.17) is 4.74 Å². The monoisotopic (exact) mass is 422 g/mol. The first kappa shape index (κ1) is 22.7. The second kappa shape index (κ2) is 7.62. The fraction of sp³-hybridized carbons (Fsp3) is 0.818. The van der Waals surface area contributed by atoms with Crippen LogP contribution in [0.4, 0.5) is 0 Å². The van der Waals surface area contributed by atoms with E-state index in [2.05, 4.69) is 5.32 Å². The van der Waals surface area contributed by atoms with Gasteiger partial charge in [0.2, 0.25) is 17.7 Å². The van der Waals surface area contributed by atoms with E-state index in [1.54, 1.807) is 13.8 Å². The third-order valence-corrected chi connectivity index (χ3v) is 7.34. The Labute approximate surface area is 177 Å². The summed E-state index contributed by atoms with van der Waals surface area (Å²) in [4.78, 5) is 53.1. The molecule has 3 heterocycles. The Morgan fingerprint density at radius 3 is 1.90 bits per heavy atom. The highest BCUT2D eigenvalue weighted by molar-refractivity contribution is 6.13. The lowest BCUT2D eigenvalue weighted by atomic mass is 9.59. The molecule has 8 nitrogen and oxygen atoms in total. The van der Waals surface area contributed by atoms with E-state index in [0.29, 0.717) is 0 Å². The number of fused-ring (bicyclic) bond motifs is 5. The second-order valence-electron chi connectivity index (χ2n) is 10.3. The van der Waals surface area contributed by atoms with Crippen LogP contribution in [-0.2, 0) is 23.9 Å². The highest BCUT2D eigenvalue weighted by atomic mass is 16.5. The smallest absolute Gasteiger partial charge is 0.326 e. The summed E-state index contributed by atoms with van der Waals surface area (Å²) in [7, 11) is 0. The first-order valence-electron chi connectivity index (χ1n) is 10.9. The number of nitrogens with zero attached hydrogens (tertiary/aromatic N) is 1. The summed E-state index contributed by atoms with van der Waals surface area (Å²) >= 11 is 0. The summed E-state index contributed by atoms with van der Waals surface area (Å²) < 4.78 is 5.95. The number of amides is 3. The van der Waals surface area contributed by atoms with Crippen molar-refractivity contribution in [2.75, 3.05) is 0 Å². The molecule has 3 saturated heterocycles. The van der Waals surface area contributed by atoms with E-state index < -0.39 is 34.8 Å². The lowest BCUT2D eigenvalue weighted by Crippen LogP contribution is -2.55. The molecule has 3 aliphatic heterocycles. The number of ether oxygens (including phenoxy) is 1. The summed E-state index contributed by atoms with van der Waals surface area (Å²) in [5, 5.41) is 12.1. The minimum atomic E-state index is -1.12. The number of hydrogen-bond donors (Lipinski definition) is 2. The second-order valence-corrected chi connectivity index (χ2v) is 10.3. The minimum absolute atomic E-state index is 0.0313. The van der Waals surface area contributed by atoms with E-state index in [9.17, 15) is 24.3 Å². The molecule has 30 heavy (non-hydrogen) atoms. The number of imide groups is 1. The van der Waals surface area contributed by atoms with Crippen molar-refractivity contribution in [3.05, 3.63) is 0 Å². The van der Waals surface area contributed by atoms with Crippen LogP contribution < -0.4 is 5.32 Å². The third kappa shape index (κ3) is 3.15. The molecule has 6 atom stereocenters. The molecule has 2 N–H and O–H groups in total. The Kier molecular flexibility index (Phi) is 5.77. The Morgan fingerprint density at radius 2 is 1.50 bits per heavy atom. The van der Waals surface area contributed by atoms with Crippen molar-refractivity contribution in [3.63, 3.8) is 0 Å². The number of carbonyl (C=O) groups is 4. The SMILES string of the molecule is CC(C)CC(NC(=O)C(CC(C)C)N1C(=O)[C@@]2(C)[C@@H]3CC[C@@H](O3)[C@@]2(C)C1=O)C(=O)O. The van der Waals surface area contributed by atoms with E-state index in [-0.39, 0.29) is 48.7 Å². The summed E-state index contributed by atoms with van der Waals surface area (Å²) in [6, 6.07) is -2.09. The van der Waals surface area contributed by atoms with Crippen molar-refractivity contribution in [1.29, 1.82) is 0 Å². The third-order valence-electron chi connectivity index (χ3n) is 7.34. The molecule has 168 valence electrons. The number of carboxylic acids is 1. The van der Waals surface area contributed by atoms with Crippen LogP contribution in [0.3, 0.4) is 0 Å². The van der Waals surface area contributed by atoms with Gasteiger partial charge in [0, 0.05) is 0 Å². The Hall–Kier alpha value is -1.96. The number of hydrogen-bond acceptors (Lipinski definition) is 5. The normalized spacial score (nSPS) is 34.6. The Bertz CT molecular complexity index is 731.